The molecule has 3 aromatic rings. The first kappa shape index (κ1) is 9.78. The highest BCUT2D eigenvalue weighted by Gasteiger charge is 2.09. The van der Waals surface area contributed by atoms with Crippen molar-refractivity contribution in [3.8, 4) is 5.82 Å². The van der Waals surface area contributed by atoms with Gasteiger partial charge >= 0.3 is 0 Å². The van der Waals surface area contributed by atoms with Crippen LogP contribution in [0.5, 0.6) is 0 Å². The Morgan fingerprint density at radius 1 is 1.06 bits per heavy atom. The quantitative estimate of drug-likeness (QED) is 0.625. The SMILES string of the molecule is O=Cc1cc2ccccc2n1-c1ccccn1. The first-order chi connectivity index (χ1) is 8.40. The lowest BCUT2D eigenvalue weighted by Crippen LogP contribution is -2.00. The molecule has 0 spiro atoms. The van der Waals surface area contributed by atoms with Crippen LogP contribution in [0.15, 0.2) is 54.7 Å². The molecular weight excluding hydrogens is 212 g/mol. The maximum Gasteiger partial charge on any atom is 0.166 e. The van der Waals surface area contributed by atoms with Crippen molar-refractivity contribution in [3.05, 3.63) is 60.4 Å². The van der Waals surface area contributed by atoms with E-state index in [0.717, 1.165) is 23.0 Å². The molecule has 2 aromatic heterocycles. The van der Waals surface area contributed by atoms with Crippen molar-refractivity contribution in [1.29, 1.82) is 0 Å². The number of aldehydes is 1. The van der Waals surface area contributed by atoms with Gasteiger partial charge in [0.25, 0.3) is 0 Å². The number of para-hydroxylation sites is 1. The van der Waals surface area contributed by atoms with Crippen molar-refractivity contribution >= 4 is 17.2 Å². The molecule has 0 N–H and O–H groups in total. The van der Waals surface area contributed by atoms with E-state index in [0.29, 0.717) is 5.69 Å². The molecule has 0 bridgehead atoms. The van der Waals surface area contributed by atoms with Crippen LogP contribution < -0.4 is 0 Å². The second-order valence-electron chi connectivity index (χ2n) is 3.77. The van der Waals surface area contributed by atoms with Gasteiger partial charge < -0.3 is 0 Å². The third-order valence-corrected chi connectivity index (χ3v) is 2.74. The second-order valence-corrected chi connectivity index (χ2v) is 3.77. The number of aromatic nitrogens is 2. The van der Waals surface area contributed by atoms with E-state index in [9.17, 15) is 4.79 Å². The highest BCUT2D eigenvalue weighted by Crippen LogP contribution is 2.21. The number of carbonyl (C=O) groups is 1. The molecule has 3 heteroatoms. The Morgan fingerprint density at radius 2 is 1.88 bits per heavy atom. The van der Waals surface area contributed by atoms with E-state index in [2.05, 4.69) is 4.98 Å². The Hall–Kier alpha value is -2.42. The van der Waals surface area contributed by atoms with Crippen LogP contribution in [0.1, 0.15) is 10.5 Å². The molecule has 0 unspecified atom stereocenters. The van der Waals surface area contributed by atoms with Gasteiger partial charge in [0.2, 0.25) is 0 Å². The first-order valence-electron chi connectivity index (χ1n) is 5.37. The molecule has 0 aliphatic rings. The monoisotopic (exact) mass is 222 g/mol. The van der Waals surface area contributed by atoms with Crippen molar-refractivity contribution in [2.75, 3.05) is 0 Å². The normalized spacial score (nSPS) is 10.6. The van der Waals surface area contributed by atoms with E-state index in [1.54, 1.807) is 6.20 Å². The Balaban J connectivity index is 2.38. The number of hydrogen-bond acceptors (Lipinski definition) is 2. The third kappa shape index (κ3) is 1.52. The van der Waals surface area contributed by atoms with Crippen molar-refractivity contribution < 1.29 is 4.79 Å². The largest absolute Gasteiger partial charge is 0.296 e. The molecule has 2 heterocycles. The summed E-state index contributed by atoms with van der Waals surface area (Å²) in [5.74, 6) is 0.760. The van der Waals surface area contributed by atoms with E-state index in [4.69, 9.17) is 0 Å². The van der Waals surface area contributed by atoms with Crippen LogP contribution in [-0.4, -0.2) is 15.8 Å². The van der Waals surface area contributed by atoms with Crippen molar-refractivity contribution in [2.45, 2.75) is 0 Å². The van der Waals surface area contributed by atoms with E-state index in [1.807, 2.05) is 53.1 Å². The summed E-state index contributed by atoms with van der Waals surface area (Å²) < 4.78 is 1.86. The summed E-state index contributed by atoms with van der Waals surface area (Å²) in [4.78, 5) is 15.4. The molecule has 1 aromatic carbocycles. The van der Waals surface area contributed by atoms with Crippen molar-refractivity contribution in [3.63, 3.8) is 0 Å². The fraction of sp³-hybridized carbons (Fsp3) is 0. The van der Waals surface area contributed by atoms with Crippen molar-refractivity contribution in [1.82, 2.24) is 9.55 Å². The van der Waals surface area contributed by atoms with Crippen LogP contribution in [0.3, 0.4) is 0 Å². The summed E-state index contributed by atoms with van der Waals surface area (Å²) in [6.45, 7) is 0. The van der Waals surface area contributed by atoms with Gasteiger partial charge in [0.05, 0.1) is 11.2 Å². The minimum atomic E-state index is 0.616. The number of benzene rings is 1. The smallest absolute Gasteiger partial charge is 0.166 e. The van der Waals surface area contributed by atoms with Crippen LogP contribution in [0.4, 0.5) is 0 Å². The zero-order valence-corrected chi connectivity index (χ0v) is 9.08. The second kappa shape index (κ2) is 3.87. The predicted molar refractivity (Wildman–Crippen MR) is 66.5 cm³/mol. The lowest BCUT2D eigenvalue weighted by molar-refractivity contribution is 0.111. The molecule has 0 radical (unpaired) electrons. The topological polar surface area (TPSA) is 34.9 Å². The molecule has 0 saturated carbocycles. The van der Waals surface area contributed by atoms with E-state index < -0.39 is 0 Å². The molecular formula is C14H10N2O. The van der Waals surface area contributed by atoms with Crippen LogP contribution in [0, 0.1) is 0 Å². The Kier molecular flexibility index (Phi) is 2.22. The number of carbonyl (C=O) groups excluding carboxylic acids is 1. The minimum Gasteiger partial charge on any atom is -0.296 e. The zero-order valence-electron chi connectivity index (χ0n) is 9.08. The van der Waals surface area contributed by atoms with E-state index in [1.165, 1.54) is 0 Å². The number of rotatable bonds is 2. The fourth-order valence-corrected chi connectivity index (χ4v) is 2.00. The van der Waals surface area contributed by atoms with Gasteiger partial charge in [-0.3, -0.25) is 9.36 Å². The van der Waals surface area contributed by atoms with Gasteiger partial charge in [-0.2, -0.15) is 0 Å². The van der Waals surface area contributed by atoms with Crippen LogP contribution in [0.25, 0.3) is 16.7 Å². The molecule has 0 aliphatic heterocycles. The molecule has 0 saturated heterocycles. The lowest BCUT2D eigenvalue weighted by Gasteiger charge is -2.05. The van der Waals surface area contributed by atoms with Crippen LogP contribution in [-0.2, 0) is 0 Å². The molecule has 0 aliphatic carbocycles. The molecule has 3 nitrogen and oxygen atoms in total. The maximum absolute atomic E-state index is 11.1. The van der Waals surface area contributed by atoms with E-state index in [-0.39, 0.29) is 0 Å². The number of fused-ring (bicyclic) bond motifs is 1. The highest BCUT2D eigenvalue weighted by atomic mass is 16.1. The maximum atomic E-state index is 11.1. The molecule has 0 amide bonds. The van der Waals surface area contributed by atoms with Gasteiger partial charge in [-0.1, -0.05) is 24.3 Å². The fourth-order valence-electron chi connectivity index (χ4n) is 2.00. The van der Waals surface area contributed by atoms with Crippen LogP contribution in [0.2, 0.25) is 0 Å². The minimum absolute atomic E-state index is 0.616. The highest BCUT2D eigenvalue weighted by molar-refractivity contribution is 5.90. The van der Waals surface area contributed by atoms with Crippen molar-refractivity contribution in [2.24, 2.45) is 0 Å². The summed E-state index contributed by atoms with van der Waals surface area (Å²) in [7, 11) is 0. The van der Waals surface area contributed by atoms with Gasteiger partial charge in [0.1, 0.15) is 5.82 Å². The molecule has 3 rings (SSSR count). The summed E-state index contributed by atoms with van der Waals surface area (Å²) in [5, 5.41) is 1.04. The summed E-state index contributed by atoms with van der Waals surface area (Å²) in [6.07, 6.45) is 2.58. The predicted octanol–water partition coefficient (Wildman–Crippen LogP) is 2.84. The summed E-state index contributed by atoms with van der Waals surface area (Å²) >= 11 is 0. The van der Waals surface area contributed by atoms with Gasteiger partial charge in [-0.05, 0) is 24.3 Å². The third-order valence-electron chi connectivity index (χ3n) is 2.74. The lowest BCUT2D eigenvalue weighted by atomic mass is 10.2. The average molecular weight is 222 g/mol. The Morgan fingerprint density at radius 3 is 2.65 bits per heavy atom. The average Bonchev–Trinajstić information content (AvgIpc) is 2.78. The molecule has 82 valence electrons. The number of nitrogens with zero attached hydrogens (tertiary/aromatic N) is 2. The Labute approximate surface area is 98.3 Å². The number of hydrogen-bond donors (Lipinski definition) is 0. The van der Waals surface area contributed by atoms with Gasteiger partial charge in [-0.15, -0.1) is 0 Å². The molecule has 0 atom stereocenters. The molecule has 0 fully saturated rings. The molecule has 17 heavy (non-hydrogen) atoms. The summed E-state index contributed by atoms with van der Waals surface area (Å²) in [5.41, 5.74) is 1.61. The first-order valence-corrected chi connectivity index (χ1v) is 5.37. The Bertz CT molecular complexity index is 671. The standard InChI is InChI=1S/C14H10N2O/c17-10-12-9-11-5-1-2-6-13(11)16(12)14-7-3-4-8-15-14/h1-10H. The van der Waals surface area contributed by atoms with Crippen LogP contribution >= 0.6 is 0 Å². The zero-order chi connectivity index (χ0) is 11.7. The van der Waals surface area contributed by atoms with Gasteiger partial charge in [0, 0.05) is 11.6 Å². The van der Waals surface area contributed by atoms with Gasteiger partial charge in [0.15, 0.2) is 6.29 Å². The number of pyridine rings is 1. The summed E-state index contributed by atoms with van der Waals surface area (Å²) in [6, 6.07) is 15.4. The van der Waals surface area contributed by atoms with E-state index >= 15 is 0 Å². The van der Waals surface area contributed by atoms with Gasteiger partial charge in [-0.25, -0.2) is 4.98 Å².